The van der Waals surface area contributed by atoms with Gasteiger partial charge in [-0.1, -0.05) is 60.7 Å². The van der Waals surface area contributed by atoms with E-state index in [0.717, 1.165) is 43.9 Å². The molecule has 0 saturated carbocycles. The molecule has 0 unspecified atom stereocenters. The molecule has 5 rings (SSSR count). The van der Waals surface area contributed by atoms with Gasteiger partial charge in [-0.05, 0) is 47.7 Å². The third kappa shape index (κ3) is 4.49. The first kappa shape index (κ1) is 19.8. The average Bonchev–Trinajstić information content (AvgIpc) is 3.15. The van der Waals surface area contributed by atoms with E-state index in [1.165, 1.54) is 16.7 Å². The molecule has 3 aromatic carbocycles. The number of piperidine rings is 1. The first-order chi connectivity index (χ1) is 15.3. The second-order valence-corrected chi connectivity index (χ2v) is 8.49. The van der Waals surface area contributed by atoms with Crippen LogP contribution in [-0.2, 0) is 24.4 Å². The van der Waals surface area contributed by atoms with Crippen LogP contribution >= 0.6 is 0 Å². The Morgan fingerprint density at radius 2 is 1.52 bits per heavy atom. The number of anilines is 1. The molecule has 1 saturated heterocycles. The van der Waals surface area contributed by atoms with E-state index in [0.29, 0.717) is 19.1 Å². The number of fused-ring (bicyclic) bond motifs is 1. The molecule has 0 spiro atoms. The van der Waals surface area contributed by atoms with Crippen molar-refractivity contribution in [2.24, 2.45) is 0 Å². The van der Waals surface area contributed by atoms with Gasteiger partial charge in [0.25, 0.3) is 0 Å². The zero-order chi connectivity index (χ0) is 21.0. The van der Waals surface area contributed by atoms with E-state index >= 15 is 0 Å². The van der Waals surface area contributed by atoms with Crippen LogP contribution in [0.2, 0.25) is 0 Å². The Kier molecular flexibility index (Phi) is 5.72. The highest BCUT2D eigenvalue weighted by molar-refractivity contribution is 6.01. The molecule has 3 aromatic rings. The molecule has 0 radical (unpaired) electrons. The van der Waals surface area contributed by atoms with Crippen LogP contribution in [0.4, 0.5) is 5.69 Å². The Labute approximate surface area is 184 Å². The number of likely N-dealkylation sites (tertiary alicyclic amines) is 1. The van der Waals surface area contributed by atoms with E-state index in [2.05, 4.69) is 58.3 Å². The van der Waals surface area contributed by atoms with Gasteiger partial charge in [-0.2, -0.15) is 0 Å². The van der Waals surface area contributed by atoms with Crippen molar-refractivity contribution >= 4 is 11.6 Å². The van der Waals surface area contributed by atoms with E-state index in [4.69, 9.17) is 4.74 Å². The predicted molar refractivity (Wildman–Crippen MR) is 123 cm³/mol. The lowest BCUT2D eigenvalue weighted by Crippen LogP contribution is -2.46. The van der Waals surface area contributed by atoms with E-state index in [-0.39, 0.29) is 5.91 Å². The highest BCUT2D eigenvalue weighted by Gasteiger charge is 2.34. The van der Waals surface area contributed by atoms with Crippen LogP contribution in [0.5, 0.6) is 5.75 Å². The first-order valence-corrected chi connectivity index (χ1v) is 11.1. The molecule has 1 amide bonds. The number of carbonyl (C=O) groups is 1. The van der Waals surface area contributed by atoms with Crippen LogP contribution in [0.25, 0.3) is 0 Å². The Hall–Kier alpha value is -3.11. The molecular weight excluding hydrogens is 384 g/mol. The molecule has 0 bridgehead atoms. The quantitative estimate of drug-likeness (QED) is 0.582. The lowest BCUT2D eigenvalue weighted by molar-refractivity contribution is -0.118. The Balaban J connectivity index is 1.13. The molecule has 0 aromatic heterocycles. The second kappa shape index (κ2) is 8.94. The molecule has 1 fully saturated rings. The molecule has 0 atom stereocenters. The maximum atomic E-state index is 12.6. The van der Waals surface area contributed by atoms with E-state index < -0.39 is 0 Å². The summed E-state index contributed by atoms with van der Waals surface area (Å²) in [6, 6.07) is 27.2. The van der Waals surface area contributed by atoms with Crippen LogP contribution in [0.1, 0.15) is 29.5 Å². The molecular formula is C27H28N2O2. The molecule has 158 valence electrons. The number of hydrogen-bond donors (Lipinski definition) is 0. The maximum absolute atomic E-state index is 12.6. The van der Waals surface area contributed by atoms with Crippen molar-refractivity contribution in [2.75, 3.05) is 18.0 Å². The van der Waals surface area contributed by atoms with Crippen LogP contribution in [0, 0.1) is 0 Å². The van der Waals surface area contributed by atoms with Gasteiger partial charge < -0.3 is 9.64 Å². The normalized spacial score (nSPS) is 17.0. The van der Waals surface area contributed by atoms with Gasteiger partial charge >= 0.3 is 0 Å². The Morgan fingerprint density at radius 3 is 2.29 bits per heavy atom. The summed E-state index contributed by atoms with van der Waals surface area (Å²) in [6.45, 7) is 3.56. The number of ether oxygens (including phenoxy) is 1. The minimum Gasteiger partial charge on any atom is -0.489 e. The monoisotopic (exact) mass is 412 g/mol. The van der Waals surface area contributed by atoms with Gasteiger partial charge in [-0.15, -0.1) is 0 Å². The SMILES string of the molecule is O=C1Cc2ccccc2N1C1CCN(Cc2ccc(OCc3ccccc3)cc2)CC1. The molecule has 4 nitrogen and oxygen atoms in total. The van der Waals surface area contributed by atoms with Gasteiger partial charge in [0.2, 0.25) is 5.91 Å². The third-order valence-corrected chi connectivity index (χ3v) is 6.36. The fourth-order valence-electron chi connectivity index (χ4n) is 4.70. The third-order valence-electron chi connectivity index (χ3n) is 6.36. The number of nitrogens with zero attached hydrogens (tertiary/aromatic N) is 2. The summed E-state index contributed by atoms with van der Waals surface area (Å²) in [6.07, 6.45) is 2.60. The van der Waals surface area contributed by atoms with Crippen LogP contribution < -0.4 is 9.64 Å². The number of benzene rings is 3. The standard InChI is InChI=1S/C27H28N2O2/c30-27-18-23-8-4-5-9-26(23)29(27)24-14-16-28(17-15-24)19-21-10-12-25(13-11-21)31-20-22-6-2-1-3-7-22/h1-13,24H,14-20H2. The van der Waals surface area contributed by atoms with Gasteiger partial charge in [0.05, 0.1) is 6.42 Å². The summed E-state index contributed by atoms with van der Waals surface area (Å²) in [5.41, 5.74) is 4.77. The van der Waals surface area contributed by atoms with Crippen molar-refractivity contribution in [2.45, 2.75) is 38.5 Å². The Morgan fingerprint density at radius 1 is 0.806 bits per heavy atom. The van der Waals surface area contributed by atoms with Crippen molar-refractivity contribution in [3.05, 3.63) is 95.6 Å². The second-order valence-electron chi connectivity index (χ2n) is 8.49. The zero-order valence-corrected chi connectivity index (χ0v) is 17.7. The van der Waals surface area contributed by atoms with Crippen LogP contribution in [0.15, 0.2) is 78.9 Å². The molecule has 4 heteroatoms. The smallest absolute Gasteiger partial charge is 0.231 e. The summed E-state index contributed by atoms with van der Waals surface area (Å²) >= 11 is 0. The van der Waals surface area contributed by atoms with Gasteiger partial charge in [-0.25, -0.2) is 0 Å². The minimum absolute atomic E-state index is 0.255. The number of hydrogen-bond acceptors (Lipinski definition) is 3. The Bertz CT molecular complexity index is 1020. The molecule has 31 heavy (non-hydrogen) atoms. The van der Waals surface area contributed by atoms with E-state index in [1.54, 1.807) is 0 Å². The maximum Gasteiger partial charge on any atom is 0.231 e. The predicted octanol–water partition coefficient (Wildman–Crippen LogP) is 4.82. The highest BCUT2D eigenvalue weighted by atomic mass is 16.5. The number of carbonyl (C=O) groups excluding carboxylic acids is 1. The fourth-order valence-corrected chi connectivity index (χ4v) is 4.70. The van der Waals surface area contributed by atoms with E-state index in [9.17, 15) is 4.79 Å². The fraction of sp³-hybridized carbons (Fsp3) is 0.296. The van der Waals surface area contributed by atoms with Crippen molar-refractivity contribution in [1.29, 1.82) is 0 Å². The first-order valence-electron chi connectivity index (χ1n) is 11.1. The summed E-state index contributed by atoms with van der Waals surface area (Å²) < 4.78 is 5.90. The van der Waals surface area contributed by atoms with Gasteiger partial charge in [0.1, 0.15) is 12.4 Å². The highest BCUT2D eigenvalue weighted by Crippen LogP contribution is 2.33. The topological polar surface area (TPSA) is 32.8 Å². The number of para-hydroxylation sites is 1. The average molecular weight is 413 g/mol. The van der Waals surface area contributed by atoms with E-state index in [1.807, 2.05) is 30.3 Å². The van der Waals surface area contributed by atoms with Gasteiger partial charge in [0, 0.05) is 31.4 Å². The van der Waals surface area contributed by atoms with Crippen LogP contribution in [0.3, 0.4) is 0 Å². The van der Waals surface area contributed by atoms with Crippen LogP contribution in [-0.4, -0.2) is 29.9 Å². The zero-order valence-electron chi connectivity index (χ0n) is 17.7. The molecule has 0 aliphatic carbocycles. The number of rotatable bonds is 6. The van der Waals surface area contributed by atoms with Crippen molar-refractivity contribution in [3.8, 4) is 5.75 Å². The minimum atomic E-state index is 0.255. The lowest BCUT2D eigenvalue weighted by atomic mass is 10.0. The number of amides is 1. The summed E-state index contributed by atoms with van der Waals surface area (Å²) in [7, 11) is 0. The largest absolute Gasteiger partial charge is 0.489 e. The summed E-state index contributed by atoms with van der Waals surface area (Å²) in [5, 5.41) is 0. The molecule has 2 aliphatic rings. The molecule has 2 heterocycles. The summed E-state index contributed by atoms with van der Waals surface area (Å²) in [5.74, 6) is 1.16. The lowest BCUT2D eigenvalue weighted by Gasteiger charge is -2.37. The van der Waals surface area contributed by atoms with Gasteiger partial charge in [0.15, 0.2) is 0 Å². The van der Waals surface area contributed by atoms with Crippen molar-refractivity contribution in [3.63, 3.8) is 0 Å². The summed E-state index contributed by atoms with van der Waals surface area (Å²) in [4.78, 5) is 17.1. The molecule has 0 N–H and O–H groups in total. The molecule has 2 aliphatic heterocycles. The van der Waals surface area contributed by atoms with Gasteiger partial charge in [-0.3, -0.25) is 9.69 Å². The van der Waals surface area contributed by atoms with Crippen molar-refractivity contribution in [1.82, 2.24) is 4.90 Å². The van der Waals surface area contributed by atoms with Crippen molar-refractivity contribution < 1.29 is 9.53 Å².